The SMILES string of the molecule is CNC(=O)CN(C)C(=O)COC(=O)/C=C/c1ccc(Br)s1. The third-order valence-corrected chi connectivity index (χ3v) is 3.99. The highest BCUT2D eigenvalue weighted by atomic mass is 79.9. The van der Waals surface area contributed by atoms with Gasteiger partial charge in [0.15, 0.2) is 6.61 Å². The van der Waals surface area contributed by atoms with Crippen LogP contribution in [0, 0.1) is 0 Å². The second-order valence-electron chi connectivity index (χ2n) is 4.01. The molecule has 1 aromatic heterocycles. The normalized spacial score (nSPS) is 10.4. The third-order valence-electron chi connectivity index (χ3n) is 2.40. The van der Waals surface area contributed by atoms with Gasteiger partial charge in [-0.25, -0.2) is 4.79 Å². The van der Waals surface area contributed by atoms with E-state index in [0.29, 0.717) is 0 Å². The van der Waals surface area contributed by atoms with E-state index in [1.165, 1.54) is 36.4 Å². The number of thiophene rings is 1. The van der Waals surface area contributed by atoms with Crippen molar-refractivity contribution in [3.8, 4) is 0 Å². The molecule has 0 spiro atoms. The van der Waals surface area contributed by atoms with Crippen LogP contribution in [0.15, 0.2) is 22.0 Å². The molecule has 0 aromatic carbocycles. The van der Waals surface area contributed by atoms with Crippen molar-refractivity contribution >= 4 is 51.1 Å². The number of amides is 2. The lowest BCUT2D eigenvalue weighted by molar-refractivity contribution is -0.148. The molecule has 0 aliphatic heterocycles. The van der Waals surface area contributed by atoms with Gasteiger partial charge in [-0.2, -0.15) is 0 Å². The molecule has 1 rings (SSSR count). The summed E-state index contributed by atoms with van der Waals surface area (Å²) in [7, 11) is 2.94. The van der Waals surface area contributed by atoms with Gasteiger partial charge in [-0.15, -0.1) is 11.3 Å². The van der Waals surface area contributed by atoms with Crippen LogP contribution in [-0.4, -0.2) is 49.9 Å². The lowest BCUT2D eigenvalue weighted by Gasteiger charge is -2.15. The Morgan fingerprint density at radius 1 is 1.43 bits per heavy atom. The number of hydrogen-bond donors (Lipinski definition) is 1. The maximum Gasteiger partial charge on any atom is 0.331 e. The van der Waals surface area contributed by atoms with Crippen molar-refractivity contribution in [3.05, 3.63) is 26.9 Å². The first-order chi connectivity index (χ1) is 9.92. The molecule has 0 unspecified atom stereocenters. The molecular formula is C13H15BrN2O4S. The summed E-state index contributed by atoms with van der Waals surface area (Å²) >= 11 is 4.79. The Kier molecular flexibility index (Phi) is 7.10. The Labute approximate surface area is 134 Å². The van der Waals surface area contributed by atoms with Crippen LogP contribution in [0.4, 0.5) is 0 Å². The van der Waals surface area contributed by atoms with Gasteiger partial charge in [-0.1, -0.05) is 0 Å². The molecule has 0 fully saturated rings. The Bertz CT molecular complexity index is 556. The molecule has 0 aliphatic rings. The smallest absolute Gasteiger partial charge is 0.331 e. The summed E-state index contributed by atoms with van der Waals surface area (Å²) < 4.78 is 5.77. The topological polar surface area (TPSA) is 75.7 Å². The highest BCUT2D eigenvalue weighted by Gasteiger charge is 2.13. The van der Waals surface area contributed by atoms with Crippen LogP contribution < -0.4 is 5.32 Å². The number of hydrogen-bond acceptors (Lipinski definition) is 5. The van der Waals surface area contributed by atoms with Crippen molar-refractivity contribution in [2.45, 2.75) is 0 Å². The second-order valence-corrected chi connectivity index (χ2v) is 6.50. The molecule has 114 valence electrons. The van der Waals surface area contributed by atoms with Crippen LogP contribution in [0.3, 0.4) is 0 Å². The predicted octanol–water partition coefficient (Wildman–Crippen LogP) is 1.27. The summed E-state index contributed by atoms with van der Waals surface area (Å²) in [6.45, 7) is -0.475. The Balaban J connectivity index is 2.37. The molecule has 6 nitrogen and oxygen atoms in total. The third kappa shape index (κ3) is 6.54. The maximum atomic E-state index is 11.6. The van der Waals surface area contributed by atoms with E-state index in [1.807, 2.05) is 12.1 Å². The van der Waals surface area contributed by atoms with Crippen LogP contribution in [0.2, 0.25) is 0 Å². The van der Waals surface area contributed by atoms with E-state index in [-0.39, 0.29) is 12.5 Å². The van der Waals surface area contributed by atoms with Gasteiger partial charge in [0, 0.05) is 25.0 Å². The number of rotatable bonds is 6. The Morgan fingerprint density at radius 3 is 2.71 bits per heavy atom. The lowest BCUT2D eigenvalue weighted by atomic mass is 10.4. The summed E-state index contributed by atoms with van der Waals surface area (Å²) in [5, 5.41) is 2.40. The van der Waals surface area contributed by atoms with E-state index in [4.69, 9.17) is 4.74 Å². The fraction of sp³-hybridized carbons (Fsp3) is 0.308. The van der Waals surface area contributed by atoms with E-state index in [1.54, 1.807) is 6.08 Å². The molecule has 1 N–H and O–H groups in total. The molecule has 0 radical (unpaired) electrons. The van der Waals surface area contributed by atoms with E-state index in [9.17, 15) is 14.4 Å². The van der Waals surface area contributed by atoms with Gasteiger partial charge >= 0.3 is 5.97 Å². The molecule has 1 aromatic rings. The molecule has 2 amide bonds. The van der Waals surface area contributed by atoms with E-state index in [0.717, 1.165) is 8.66 Å². The first-order valence-electron chi connectivity index (χ1n) is 5.97. The molecular weight excluding hydrogens is 360 g/mol. The summed E-state index contributed by atoms with van der Waals surface area (Å²) in [5.74, 6) is -1.35. The number of likely N-dealkylation sites (N-methyl/N-ethyl adjacent to an activating group) is 2. The van der Waals surface area contributed by atoms with Gasteiger partial charge < -0.3 is 15.0 Å². The zero-order valence-corrected chi connectivity index (χ0v) is 14.0. The van der Waals surface area contributed by atoms with Crippen molar-refractivity contribution in [1.82, 2.24) is 10.2 Å². The van der Waals surface area contributed by atoms with Crippen LogP contribution in [0.5, 0.6) is 0 Å². The number of ether oxygens (including phenoxy) is 1. The number of nitrogens with one attached hydrogen (secondary N) is 1. The van der Waals surface area contributed by atoms with E-state index in [2.05, 4.69) is 21.2 Å². The van der Waals surface area contributed by atoms with Crippen molar-refractivity contribution in [1.29, 1.82) is 0 Å². The predicted molar refractivity (Wildman–Crippen MR) is 83.7 cm³/mol. The van der Waals surface area contributed by atoms with E-state index >= 15 is 0 Å². The standard InChI is InChI=1S/C13H15BrN2O4S/c1-15-11(17)7-16(2)12(18)8-20-13(19)6-4-9-3-5-10(14)21-9/h3-6H,7-8H2,1-2H3,(H,15,17)/b6-4+. The van der Waals surface area contributed by atoms with Gasteiger partial charge in [0.1, 0.15) is 0 Å². The zero-order valence-electron chi connectivity index (χ0n) is 11.6. The number of halogens is 1. The van der Waals surface area contributed by atoms with Crippen LogP contribution in [0.1, 0.15) is 4.88 Å². The highest BCUT2D eigenvalue weighted by molar-refractivity contribution is 9.11. The lowest BCUT2D eigenvalue weighted by Crippen LogP contribution is -2.38. The quantitative estimate of drug-likeness (QED) is 0.600. The largest absolute Gasteiger partial charge is 0.452 e. The molecule has 0 bridgehead atoms. The number of nitrogens with zero attached hydrogens (tertiary/aromatic N) is 1. The maximum absolute atomic E-state index is 11.6. The molecule has 21 heavy (non-hydrogen) atoms. The first kappa shape index (κ1) is 17.4. The molecule has 8 heteroatoms. The van der Waals surface area contributed by atoms with Crippen molar-refractivity contribution in [3.63, 3.8) is 0 Å². The highest BCUT2D eigenvalue weighted by Crippen LogP contribution is 2.22. The van der Waals surface area contributed by atoms with Gasteiger partial charge in [0.2, 0.25) is 5.91 Å². The summed E-state index contributed by atoms with van der Waals surface area (Å²) in [6, 6.07) is 3.72. The fourth-order valence-electron chi connectivity index (χ4n) is 1.24. The minimum atomic E-state index is -0.610. The number of esters is 1. The fourth-order valence-corrected chi connectivity index (χ4v) is 2.57. The first-order valence-corrected chi connectivity index (χ1v) is 7.58. The second kappa shape index (κ2) is 8.58. The van der Waals surface area contributed by atoms with Crippen molar-refractivity contribution < 1.29 is 19.1 Å². The Morgan fingerprint density at radius 2 is 2.14 bits per heavy atom. The number of carbonyl (C=O) groups excluding carboxylic acids is 3. The van der Waals surface area contributed by atoms with Crippen LogP contribution in [-0.2, 0) is 19.1 Å². The van der Waals surface area contributed by atoms with Gasteiger partial charge in [-0.05, 0) is 34.1 Å². The van der Waals surface area contributed by atoms with Gasteiger partial charge in [0.05, 0.1) is 10.3 Å². The van der Waals surface area contributed by atoms with Crippen molar-refractivity contribution in [2.24, 2.45) is 0 Å². The molecule has 1 heterocycles. The summed E-state index contributed by atoms with van der Waals surface area (Å²) in [4.78, 5) is 36.3. The van der Waals surface area contributed by atoms with Crippen LogP contribution in [0.25, 0.3) is 6.08 Å². The minimum absolute atomic E-state index is 0.0774. The number of carbonyl (C=O) groups is 3. The molecule has 0 saturated carbocycles. The average Bonchev–Trinajstić information content (AvgIpc) is 2.87. The molecule has 0 saturated heterocycles. The van der Waals surface area contributed by atoms with Gasteiger partial charge in [-0.3, -0.25) is 9.59 Å². The summed E-state index contributed by atoms with van der Waals surface area (Å²) in [5.41, 5.74) is 0. The minimum Gasteiger partial charge on any atom is -0.452 e. The Hall–Kier alpha value is -1.67. The molecule has 0 atom stereocenters. The monoisotopic (exact) mass is 374 g/mol. The molecule has 0 aliphatic carbocycles. The van der Waals surface area contributed by atoms with E-state index < -0.39 is 18.5 Å². The van der Waals surface area contributed by atoms with Crippen molar-refractivity contribution in [2.75, 3.05) is 27.2 Å². The van der Waals surface area contributed by atoms with Crippen LogP contribution >= 0.6 is 27.3 Å². The summed E-state index contributed by atoms with van der Waals surface area (Å²) in [6.07, 6.45) is 2.86. The zero-order chi connectivity index (χ0) is 15.8. The van der Waals surface area contributed by atoms with Gasteiger partial charge in [0.25, 0.3) is 5.91 Å². The average molecular weight is 375 g/mol.